The standard InChI is InChI=1S/C16H23NO4/c1-16(2)8-4-3-5-11(16)9-14(18)17-10-12-6-7-13(21-12)15(19)20/h6-7,11H,3-5,8-10H2,1-2H3,(H,17,18)(H,19,20). The fourth-order valence-electron chi connectivity index (χ4n) is 3.01. The summed E-state index contributed by atoms with van der Waals surface area (Å²) in [7, 11) is 0. The van der Waals surface area contributed by atoms with Gasteiger partial charge in [-0.05, 0) is 36.3 Å². The molecule has 2 N–H and O–H groups in total. The van der Waals surface area contributed by atoms with Crippen LogP contribution in [0.3, 0.4) is 0 Å². The molecule has 0 aromatic carbocycles. The summed E-state index contributed by atoms with van der Waals surface area (Å²) < 4.78 is 5.11. The molecule has 0 radical (unpaired) electrons. The fourth-order valence-corrected chi connectivity index (χ4v) is 3.01. The summed E-state index contributed by atoms with van der Waals surface area (Å²) in [6.45, 7) is 4.70. The molecule has 116 valence electrons. The van der Waals surface area contributed by atoms with E-state index in [9.17, 15) is 9.59 Å². The van der Waals surface area contributed by atoms with Crippen LogP contribution >= 0.6 is 0 Å². The van der Waals surface area contributed by atoms with Gasteiger partial charge in [-0.25, -0.2) is 4.79 Å². The SMILES string of the molecule is CC1(C)CCCCC1CC(=O)NCc1ccc(C(=O)O)o1. The van der Waals surface area contributed by atoms with Crippen molar-refractivity contribution in [2.24, 2.45) is 11.3 Å². The van der Waals surface area contributed by atoms with E-state index in [1.54, 1.807) is 6.07 Å². The average Bonchev–Trinajstić information content (AvgIpc) is 2.88. The molecule has 2 rings (SSSR count). The number of carboxylic acid groups (broad SMARTS) is 1. The Morgan fingerprint density at radius 1 is 1.38 bits per heavy atom. The highest BCUT2D eigenvalue weighted by molar-refractivity contribution is 5.84. The average molecular weight is 293 g/mol. The number of aromatic carboxylic acids is 1. The van der Waals surface area contributed by atoms with Gasteiger partial charge >= 0.3 is 5.97 Å². The Morgan fingerprint density at radius 3 is 2.76 bits per heavy atom. The Balaban J connectivity index is 1.82. The van der Waals surface area contributed by atoms with Crippen molar-refractivity contribution >= 4 is 11.9 Å². The Hall–Kier alpha value is -1.78. The van der Waals surface area contributed by atoms with Crippen molar-refractivity contribution in [2.75, 3.05) is 0 Å². The summed E-state index contributed by atoms with van der Waals surface area (Å²) in [4.78, 5) is 22.7. The zero-order valence-electron chi connectivity index (χ0n) is 12.6. The second-order valence-corrected chi connectivity index (χ2v) is 6.48. The molecule has 21 heavy (non-hydrogen) atoms. The molecule has 5 heteroatoms. The van der Waals surface area contributed by atoms with Gasteiger partial charge in [0.2, 0.25) is 11.7 Å². The second-order valence-electron chi connectivity index (χ2n) is 6.48. The molecule has 1 amide bonds. The third kappa shape index (κ3) is 4.09. The van der Waals surface area contributed by atoms with Crippen LogP contribution in [-0.2, 0) is 11.3 Å². The number of nitrogens with one attached hydrogen (secondary N) is 1. The first-order valence-electron chi connectivity index (χ1n) is 7.47. The predicted molar refractivity (Wildman–Crippen MR) is 77.9 cm³/mol. The second kappa shape index (κ2) is 6.33. The highest BCUT2D eigenvalue weighted by Gasteiger charge is 2.33. The molecule has 1 atom stereocenters. The molecule has 1 unspecified atom stereocenters. The number of carboxylic acids is 1. The first kappa shape index (κ1) is 15.6. The van der Waals surface area contributed by atoms with Crippen LogP contribution < -0.4 is 5.32 Å². The molecule has 0 spiro atoms. The Labute approximate surface area is 124 Å². The molecular weight excluding hydrogens is 270 g/mol. The van der Waals surface area contributed by atoms with Crippen LogP contribution in [0.15, 0.2) is 16.5 Å². The largest absolute Gasteiger partial charge is 0.475 e. The normalized spacial score (nSPS) is 21.0. The summed E-state index contributed by atoms with van der Waals surface area (Å²) in [5.41, 5.74) is 0.219. The van der Waals surface area contributed by atoms with Crippen molar-refractivity contribution < 1.29 is 19.1 Å². The van der Waals surface area contributed by atoms with E-state index in [0.29, 0.717) is 18.1 Å². The number of hydrogen-bond donors (Lipinski definition) is 2. The monoisotopic (exact) mass is 293 g/mol. The number of carbonyl (C=O) groups is 2. The topological polar surface area (TPSA) is 79.5 Å². The summed E-state index contributed by atoms with van der Waals surface area (Å²) >= 11 is 0. The van der Waals surface area contributed by atoms with Crippen LogP contribution in [0.5, 0.6) is 0 Å². The molecule has 0 saturated heterocycles. The van der Waals surface area contributed by atoms with Gasteiger partial charge in [-0.15, -0.1) is 0 Å². The molecular formula is C16H23NO4. The predicted octanol–water partition coefficient (Wildman–Crippen LogP) is 3.20. The van der Waals surface area contributed by atoms with E-state index in [1.807, 2.05) is 0 Å². The van der Waals surface area contributed by atoms with Gasteiger partial charge in [0.15, 0.2) is 0 Å². The maximum absolute atomic E-state index is 12.0. The van der Waals surface area contributed by atoms with E-state index in [0.717, 1.165) is 6.42 Å². The Bertz CT molecular complexity index is 518. The minimum Gasteiger partial charge on any atom is -0.475 e. The minimum atomic E-state index is -1.10. The van der Waals surface area contributed by atoms with Crippen molar-refractivity contribution in [2.45, 2.75) is 52.5 Å². The van der Waals surface area contributed by atoms with Crippen LogP contribution in [0.2, 0.25) is 0 Å². The van der Waals surface area contributed by atoms with E-state index in [-0.39, 0.29) is 23.6 Å². The highest BCUT2D eigenvalue weighted by atomic mass is 16.4. The quantitative estimate of drug-likeness (QED) is 0.873. The highest BCUT2D eigenvalue weighted by Crippen LogP contribution is 2.42. The van der Waals surface area contributed by atoms with Gasteiger partial charge in [0.25, 0.3) is 0 Å². The van der Waals surface area contributed by atoms with Crippen molar-refractivity contribution in [3.8, 4) is 0 Å². The lowest BCUT2D eigenvalue weighted by Crippen LogP contribution is -2.33. The molecule has 5 nitrogen and oxygen atoms in total. The summed E-state index contributed by atoms with van der Waals surface area (Å²) in [6, 6.07) is 2.97. The molecule has 1 heterocycles. The van der Waals surface area contributed by atoms with Gasteiger partial charge in [-0.1, -0.05) is 26.7 Å². The van der Waals surface area contributed by atoms with Gasteiger partial charge < -0.3 is 14.8 Å². The van der Waals surface area contributed by atoms with Crippen molar-refractivity contribution in [3.05, 3.63) is 23.7 Å². The summed E-state index contributed by atoms with van der Waals surface area (Å²) in [5.74, 6) is -0.325. The molecule has 1 aliphatic rings. The zero-order valence-corrected chi connectivity index (χ0v) is 12.6. The number of rotatable bonds is 5. The van der Waals surface area contributed by atoms with Gasteiger partial charge in [0.1, 0.15) is 5.76 Å². The lowest BCUT2D eigenvalue weighted by molar-refractivity contribution is -0.123. The van der Waals surface area contributed by atoms with Crippen LogP contribution in [0.25, 0.3) is 0 Å². The molecule has 1 aliphatic carbocycles. The molecule has 1 aromatic rings. The van der Waals surface area contributed by atoms with Crippen molar-refractivity contribution in [1.29, 1.82) is 0 Å². The number of furan rings is 1. The third-order valence-electron chi connectivity index (χ3n) is 4.49. The zero-order chi connectivity index (χ0) is 15.5. The summed E-state index contributed by atoms with van der Waals surface area (Å²) in [5, 5.41) is 11.6. The van der Waals surface area contributed by atoms with Crippen LogP contribution in [-0.4, -0.2) is 17.0 Å². The number of amides is 1. The maximum atomic E-state index is 12.0. The van der Waals surface area contributed by atoms with E-state index >= 15 is 0 Å². The molecule has 0 aliphatic heterocycles. The van der Waals surface area contributed by atoms with E-state index < -0.39 is 5.97 Å². The third-order valence-corrected chi connectivity index (χ3v) is 4.49. The van der Waals surface area contributed by atoms with Gasteiger partial charge in [-0.2, -0.15) is 0 Å². The van der Waals surface area contributed by atoms with Gasteiger partial charge in [-0.3, -0.25) is 4.79 Å². The van der Waals surface area contributed by atoms with Crippen molar-refractivity contribution in [3.63, 3.8) is 0 Å². The molecule has 0 bridgehead atoms. The van der Waals surface area contributed by atoms with E-state index in [2.05, 4.69) is 19.2 Å². The fraction of sp³-hybridized carbons (Fsp3) is 0.625. The first-order chi connectivity index (χ1) is 9.88. The van der Waals surface area contributed by atoms with E-state index in [1.165, 1.54) is 25.3 Å². The number of carbonyl (C=O) groups excluding carboxylic acids is 1. The lowest BCUT2D eigenvalue weighted by atomic mass is 9.67. The van der Waals surface area contributed by atoms with E-state index in [4.69, 9.17) is 9.52 Å². The van der Waals surface area contributed by atoms with Crippen LogP contribution in [0, 0.1) is 11.3 Å². The number of hydrogen-bond acceptors (Lipinski definition) is 3. The van der Waals surface area contributed by atoms with Crippen molar-refractivity contribution in [1.82, 2.24) is 5.32 Å². The summed E-state index contributed by atoms with van der Waals surface area (Å²) in [6.07, 6.45) is 5.24. The first-order valence-corrected chi connectivity index (χ1v) is 7.47. The Morgan fingerprint density at radius 2 is 2.14 bits per heavy atom. The Kier molecular flexibility index (Phi) is 4.70. The lowest BCUT2D eigenvalue weighted by Gasteiger charge is -2.38. The van der Waals surface area contributed by atoms with Gasteiger partial charge in [0, 0.05) is 6.42 Å². The molecule has 1 aromatic heterocycles. The maximum Gasteiger partial charge on any atom is 0.371 e. The van der Waals surface area contributed by atoms with Gasteiger partial charge in [0.05, 0.1) is 6.54 Å². The van der Waals surface area contributed by atoms with Crippen LogP contribution in [0.1, 0.15) is 62.3 Å². The molecule has 1 fully saturated rings. The smallest absolute Gasteiger partial charge is 0.371 e. The van der Waals surface area contributed by atoms with Crippen LogP contribution in [0.4, 0.5) is 0 Å². The molecule has 1 saturated carbocycles. The minimum absolute atomic E-state index is 0.00301.